The van der Waals surface area contributed by atoms with Crippen LogP contribution in [0, 0.1) is 5.92 Å². The van der Waals surface area contributed by atoms with E-state index < -0.39 is 18.0 Å². The molecule has 5 nitrogen and oxygen atoms in total. The number of nitrogens with one attached hydrogen (secondary N) is 2. The van der Waals surface area contributed by atoms with Crippen molar-refractivity contribution in [1.29, 1.82) is 0 Å². The third-order valence-corrected chi connectivity index (χ3v) is 3.28. The number of carboxylic acids is 1. The Balaban J connectivity index is 2.26. The molecule has 0 aliphatic heterocycles. The lowest BCUT2D eigenvalue weighted by Crippen LogP contribution is -2.46. The van der Waals surface area contributed by atoms with Crippen molar-refractivity contribution in [3.63, 3.8) is 0 Å². The molecule has 0 radical (unpaired) electrons. The summed E-state index contributed by atoms with van der Waals surface area (Å²) in [5, 5.41) is 14.1. The molecule has 0 heterocycles. The van der Waals surface area contributed by atoms with Crippen LogP contribution in [0.4, 0.5) is 4.79 Å². The van der Waals surface area contributed by atoms with Gasteiger partial charge in [0.25, 0.3) is 0 Å². The zero-order valence-corrected chi connectivity index (χ0v) is 10.7. The minimum Gasteiger partial charge on any atom is -0.480 e. The summed E-state index contributed by atoms with van der Waals surface area (Å²) in [6, 6.07) is -1.30. The maximum Gasteiger partial charge on any atom is 0.326 e. The number of urea groups is 1. The molecule has 18 heavy (non-hydrogen) atoms. The van der Waals surface area contributed by atoms with Crippen molar-refractivity contribution in [3.05, 3.63) is 12.7 Å². The molecule has 1 rings (SSSR count). The predicted molar refractivity (Wildman–Crippen MR) is 69.3 cm³/mol. The first-order valence-electron chi connectivity index (χ1n) is 6.51. The molecular weight excluding hydrogens is 232 g/mol. The van der Waals surface area contributed by atoms with Crippen LogP contribution in [0.15, 0.2) is 12.7 Å². The van der Waals surface area contributed by atoms with Crippen LogP contribution in [0.5, 0.6) is 0 Å². The molecule has 1 unspecified atom stereocenters. The van der Waals surface area contributed by atoms with Crippen molar-refractivity contribution in [3.8, 4) is 0 Å². The summed E-state index contributed by atoms with van der Waals surface area (Å²) in [5.74, 6) is -0.505. The lowest BCUT2D eigenvalue weighted by molar-refractivity contribution is -0.139. The minimum absolute atomic E-state index is 0.228. The molecule has 0 aromatic carbocycles. The Morgan fingerprint density at radius 3 is 2.56 bits per heavy atom. The second kappa shape index (κ2) is 7.74. The van der Waals surface area contributed by atoms with Gasteiger partial charge in [-0.25, -0.2) is 9.59 Å². The van der Waals surface area contributed by atoms with Crippen LogP contribution in [-0.4, -0.2) is 29.7 Å². The topological polar surface area (TPSA) is 78.4 Å². The molecule has 0 aromatic heterocycles. The fourth-order valence-corrected chi connectivity index (χ4v) is 2.23. The van der Waals surface area contributed by atoms with Gasteiger partial charge in [0, 0.05) is 6.54 Å². The number of hydrogen-bond acceptors (Lipinski definition) is 2. The van der Waals surface area contributed by atoms with Crippen molar-refractivity contribution in [1.82, 2.24) is 10.6 Å². The third kappa shape index (κ3) is 5.21. The molecule has 1 aliphatic rings. The van der Waals surface area contributed by atoms with Gasteiger partial charge in [-0.15, -0.1) is 6.58 Å². The van der Waals surface area contributed by atoms with Crippen LogP contribution < -0.4 is 10.6 Å². The van der Waals surface area contributed by atoms with Gasteiger partial charge in [-0.3, -0.25) is 0 Å². The van der Waals surface area contributed by atoms with E-state index in [1.54, 1.807) is 0 Å². The molecule has 0 bridgehead atoms. The number of hydrogen-bond donors (Lipinski definition) is 3. The van der Waals surface area contributed by atoms with E-state index in [1.165, 1.54) is 25.3 Å². The van der Waals surface area contributed by atoms with Crippen molar-refractivity contribution in [2.24, 2.45) is 5.92 Å². The summed E-state index contributed by atoms with van der Waals surface area (Å²) in [7, 11) is 0. The average molecular weight is 254 g/mol. The first-order chi connectivity index (χ1) is 8.63. The summed E-state index contributed by atoms with van der Waals surface area (Å²) in [5.41, 5.74) is 0. The van der Waals surface area contributed by atoms with Crippen LogP contribution in [0.2, 0.25) is 0 Å². The second-order valence-electron chi connectivity index (χ2n) is 4.77. The highest BCUT2D eigenvalue weighted by molar-refractivity contribution is 5.82. The normalized spacial score (nSPS) is 17.8. The summed E-state index contributed by atoms with van der Waals surface area (Å²) in [4.78, 5) is 22.4. The zero-order chi connectivity index (χ0) is 13.4. The summed E-state index contributed by atoms with van der Waals surface area (Å²) < 4.78 is 0. The Kier molecular flexibility index (Phi) is 6.25. The fourth-order valence-electron chi connectivity index (χ4n) is 2.23. The highest BCUT2D eigenvalue weighted by Gasteiger charge is 2.19. The molecule has 102 valence electrons. The Bertz CT molecular complexity index is 299. The molecule has 1 aliphatic carbocycles. The van der Waals surface area contributed by atoms with E-state index in [9.17, 15) is 9.59 Å². The Morgan fingerprint density at radius 2 is 2.00 bits per heavy atom. The molecule has 1 saturated carbocycles. The molecule has 2 amide bonds. The van der Waals surface area contributed by atoms with E-state index in [0.29, 0.717) is 12.5 Å². The molecular formula is C13H22N2O3. The van der Waals surface area contributed by atoms with E-state index >= 15 is 0 Å². The highest BCUT2D eigenvalue weighted by atomic mass is 16.4. The molecule has 0 spiro atoms. The monoisotopic (exact) mass is 254 g/mol. The number of amides is 2. The van der Waals surface area contributed by atoms with Crippen LogP contribution >= 0.6 is 0 Å². The fraction of sp³-hybridized carbons (Fsp3) is 0.692. The largest absolute Gasteiger partial charge is 0.480 e. The van der Waals surface area contributed by atoms with Gasteiger partial charge in [-0.05, 0) is 25.2 Å². The Morgan fingerprint density at radius 1 is 1.33 bits per heavy atom. The van der Waals surface area contributed by atoms with Crippen LogP contribution in [0.25, 0.3) is 0 Å². The van der Waals surface area contributed by atoms with Crippen LogP contribution in [-0.2, 0) is 4.79 Å². The Hall–Kier alpha value is -1.52. The van der Waals surface area contributed by atoms with Gasteiger partial charge in [0.05, 0.1) is 0 Å². The van der Waals surface area contributed by atoms with E-state index in [2.05, 4.69) is 17.2 Å². The first kappa shape index (κ1) is 14.5. The predicted octanol–water partition coefficient (Wildman–Crippen LogP) is 1.90. The lowest BCUT2D eigenvalue weighted by atomic mass is 9.89. The maximum atomic E-state index is 11.6. The van der Waals surface area contributed by atoms with Crippen molar-refractivity contribution in [2.45, 2.75) is 44.6 Å². The number of aliphatic carboxylic acids is 1. The standard InChI is InChI=1S/C13H22N2O3/c1-2-6-11(12(16)17)15-13(18)14-9-10-7-4-3-5-8-10/h2,10-11H,1,3-9H2,(H,16,17)(H2,14,15,18). The minimum atomic E-state index is -1.04. The molecule has 1 fully saturated rings. The van der Waals surface area contributed by atoms with Gasteiger partial charge >= 0.3 is 12.0 Å². The van der Waals surface area contributed by atoms with Crippen molar-refractivity contribution in [2.75, 3.05) is 6.54 Å². The van der Waals surface area contributed by atoms with E-state index in [0.717, 1.165) is 12.8 Å². The average Bonchev–Trinajstić information content (AvgIpc) is 2.37. The summed E-state index contributed by atoms with van der Waals surface area (Å²) >= 11 is 0. The van der Waals surface area contributed by atoms with Gasteiger partial charge in [-0.2, -0.15) is 0 Å². The second-order valence-corrected chi connectivity index (χ2v) is 4.77. The number of carboxylic acid groups (broad SMARTS) is 1. The SMILES string of the molecule is C=CCC(NC(=O)NCC1CCCCC1)C(=O)O. The molecule has 3 N–H and O–H groups in total. The number of carbonyl (C=O) groups excluding carboxylic acids is 1. The smallest absolute Gasteiger partial charge is 0.326 e. The van der Waals surface area contributed by atoms with Crippen LogP contribution in [0.1, 0.15) is 38.5 Å². The quantitative estimate of drug-likeness (QED) is 0.633. The molecule has 0 saturated heterocycles. The van der Waals surface area contributed by atoms with Crippen molar-refractivity contribution >= 4 is 12.0 Å². The maximum absolute atomic E-state index is 11.6. The van der Waals surface area contributed by atoms with Gasteiger partial charge in [0.1, 0.15) is 6.04 Å². The van der Waals surface area contributed by atoms with E-state index in [-0.39, 0.29) is 6.42 Å². The number of carbonyl (C=O) groups is 2. The lowest BCUT2D eigenvalue weighted by Gasteiger charge is -2.22. The van der Waals surface area contributed by atoms with Crippen molar-refractivity contribution < 1.29 is 14.7 Å². The summed E-state index contributed by atoms with van der Waals surface area (Å²) in [6.07, 6.45) is 7.74. The van der Waals surface area contributed by atoms with E-state index in [1.807, 2.05) is 0 Å². The van der Waals surface area contributed by atoms with Crippen LogP contribution in [0.3, 0.4) is 0 Å². The summed E-state index contributed by atoms with van der Waals surface area (Å²) in [6.45, 7) is 4.11. The zero-order valence-electron chi connectivity index (χ0n) is 10.7. The third-order valence-electron chi connectivity index (χ3n) is 3.28. The number of rotatable bonds is 6. The first-order valence-corrected chi connectivity index (χ1v) is 6.51. The highest BCUT2D eigenvalue weighted by Crippen LogP contribution is 2.22. The van der Waals surface area contributed by atoms with E-state index in [4.69, 9.17) is 5.11 Å². The van der Waals surface area contributed by atoms with Gasteiger partial charge in [0.2, 0.25) is 0 Å². The molecule has 1 atom stereocenters. The van der Waals surface area contributed by atoms with Gasteiger partial charge in [-0.1, -0.05) is 25.3 Å². The molecule has 5 heteroatoms. The molecule has 0 aromatic rings. The Labute approximate surface area is 108 Å². The van der Waals surface area contributed by atoms with Gasteiger partial charge in [0.15, 0.2) is 0 Å². The van der Waals surface area contributed by atoms with Gasteiger partial charge < -0.3 is 15.7 Å².